The van der Waals surface area contributed by atoms with Crippen molar-refractivity contribution in [3.63, 3.8) is 0 Å². The Labute approximate surface area is 106 Å². The first-order chi connectivity index (χ1) is 8.28. The zero-order valence-electron chi connectivity index (χ0n) is 11.2. The standard InChI is InChI=1S/C16H25N/c1-3-5-14-8-10-15(11-9-14)17-16-7-4-6-13(2)12-16/h4,6-7,12,14-15,17H,3,5,8-11H2,1-2H3. The van der Waals surface area contributed by atoms with Crippen LogP contribution in [-0.4, -0.2) is 6.04 Å². The van der Waals surface area contributed by atoms with Gasteiger partial charge in [0.05, 0.1) is 0 Å². The van der Waals surface area contributed by atoms with Gasteiger partial charge in [-0.05, 0) is 56.2 Å². The van der Waals surface area contributed by atoms with E-state index in [9.17, 15) is 0 Å². The van der Waals surface area contributed by atoms with Crippen LogP contribution in [0, 0.1) is 12.8 Å². The van der Waals surface area contributed by atoms with E-state index in [0.717, 1.165) is 5.92 Å². The molecule has 2 rings (SSSR count). The van der Waals surface area contributed by atoms with Crippen LogP contribution in [0.1, 0.15) is 51.0 Å². The molecule has 1 aliphatic rings. The molecule has 17 heavy (non-hydrogen) atoms. The Morgan fingerprint density at radius 1 is 1.18 bits per heavy atom. The highest BCUT2D eigenvalue weighted by molar-refractivity contribution is 5.46. The molecule has 0 amide bonds. The van der Waals surface area contributed by atoms with Gasteiger partial charge in [-0.15, -0.1) is 0 Å². The first-order valence-electron chi connectivity index (χ1n) is 7.11. The van der Waals surface area contributed by atoms with Crippen molar-refractivity contribution in [1.82, 2.24) is 0 Å². The second-order valence-corrected chi connectivity index (χ2v) is 5.52. The third kappa shape index (κ3) is 3.76. The van der Waals surface area contributed by atoms with Gasteiger partial charge in [0.25, 0.3) is 0 Å². The lowest BCUT2D eigenvalue weighted by Crippen LogP contribution is -2.26. The average Bonchev–Trinajstić information content (AvgIpc) is 2.32. The summed E-state index contributed by atoms with van der Waals surface area (Å²) in [7, 11) is 0. The number of hydrogen-bond acceptors (Lipinski definition) is 1. The zero-order valence-corrected chi connectivity index (χ0v) is 11.2. The molecule has 1 aromatic rings. The SMILES string of the molecule is CCCC1CCC(Nc2cccc(C)c2)CC1. The summed E-state index contributed by atoms with van der Waals surface area (Å²) in [5.74, 6) is 0.996. The summed E-state index contributed by atoms with van der Waals surface area (Å²) in [6, 6.07) is 9.43. The van der Waals surface area contributed by atoms with Crippen LogP contribution in [-0.2, 0) is 0 Å². The highest BCUT2D eigenvalue weighted by atomic mass is 14.9. The summed E-state index contributed by atoms with van der Waals surface area (Å²) in [5.41, 5.74) is 2.64. The first-order valence-corrected chi connectivity index (χ1v) is 7.11. The largest absolute Gasteiger partial charge is 0.382 e. The van der Waals surface area contributed by atoms with Crippen LogP contribution in [0.2, 0.25) is 0 Å². The zero-order chi connectivity index (χ0) is 12.1. The van der Waals surface area contributed by atoms with E-state index < -0.39 is 0 Å². The van der Waals surface area contributed by atoms with Gasteiger partial charge in [0.2, 0.25) is 0 Å². The van der Waals surface area contributed by atoms with Crippen LogP contribution < -0.4 is 5.32 Å². The number of aryl methyl sites for hydroxylation is 1. The second-order valence-electron chi connectivity index (χ2n) is 5.52. The summed E-state index contributed by atoms with van der Waals surface area (Å²) in [6.07, 6.45) is 8.30. The normalized spacial score (nSPS) is 24.6. The lowest BCUT2D eigenvalue weighted by atomic mass is 9.83. The molecule has 0 atom stereocenters. The Hall–Kier alpha value is -0.980. The third-order valence-electron chi connectivity index (χ3n) is 3.93. The van der Waals surface area contributed by atoms with Gasteiger partial charge in [-0.1, -0.05) is 31.9 Å². The number of benzene rings is 1. The molecule has 0 aromatic heterocycles. The number of nitrogens with one attached hydrogen (secondary N) is 1. The topological polar surface area (TPSA) is 12.0 Å². The number of rotatable bonds is 4. The van der Waals surface area contributed by atoms with Crippen molar-refractivity contribution in [2.45, 2.75) is 58.4 Å². The van der Waals surface area contributed by atoms with Crippen molar-refractivity contribution in [3.05, 3.63) is 29.8 Å². The van der Waals surface area contributed by atoms with Gasteiger partial charge >= 0.3 is 0 Å². The van der Waals surface area contributed by atoms with Crippen molar-refractivity contribution in [1.29, 1.82) is 0 Å². The van der Waals surface area contributed by atoms with Crippen LogP contribution >= 0.6 is 0 Å². The molecule has 1 N–H and O–H groups in total. The van der Waals surface area contributed by atoms with Crippen molar-refractivity contribution >= 4 is 5.69 Å². The minimum absolute atomic E-state index is 0.699. The van der Waals surface area contributed by atoms with E-state index in [1.807, 2.05) is 0 Å². The first kappa shape index (κ1) is 12.5. The fraction of sp³-hybridized carbons (Fsp3) is 0.625. The maximum absolute atomic E-state index is 3.68. The van der Waals surface area contributed by atoms with Gasteiger partial charge < -0.3 is 5.32 Å². The Kier molecular flexibility index (Phi) is 4.47. The summed E-state index contributed by atoms with van der Waals surface area (Å²) < 4.78 is 0. The highest BCUT2D eigenvalue weighted by Gasteiger charge is 2.20. The molecule has 1 heteroatoms. The molecule has 0 radical (unpaired) electrons. The van der Waals surface area contributed by atoms with Gasteiger partial charge in [0, 0.05) is 11.7 Å². The molecule has 0 saturated heterocycles. The van der Waals surface area contributed by atoms with E-state index in [0.29, 0.717) is 6.04 Å². The van der Waals surface area contributed by atoms with E-state index in [1.165, 1.54) is 49.8 Å². The van der Waals surface area contributed by atoms with Crippen LogP contribution in [0.3, 0.4) is 0 Å². The Balaban J connectivity index is 1.82. The van der Waals surface area contributed by atoms with Crippen LogP contribution in [0.15, 0.2) is 24.3 Å². The molecule has 1 fully saturated rings. The monoisotopic (exact) mass is 231 g/mol. The Morgan fingerprint density at radius 3 is 2.59 bits per heavy atom. The molecule has 0 spiro atoms. The molecule has 0 bridgehead atoms. The minimum Gasteiger partial charge on any atom is -0.382 e. The lowest BCUT2D eigenvalue weighted by molar-refractivity contribution is 0.319. The number of anilines is 1. The van der Waals surface area contributed by atoms with E-state index in [2.05, 4.69) is 43.4 Å². The second kappa shape index (κ2) is 6.09. The minimum atomic E-state index is 0.699. The maximum Gasteiger partial charge on any atom is 0.0344 e. The fourth-order valence-electron chi connectivity index (χ4n) is 2.97. The predicted octanol–water partition coefficient (Wildman–Crippen LogP) is 4.77. The smallest absolute Gasteiger partial charge is 0.0344 e. The molecule has 1 aliphatic carbocycles. The van der Waals surface area contributed by atoms with E-state index in [-0.39, 0.29) is 0 Å². The molecular formula is C16H25N. The highest BCUT2D eigenvalue weighted by Crippen LogP contribution is 2.29. The van der Waals surface area contributed by atoms with Gasteiger partial charge in [0.15, 0.2) is 0 Å². The van der Waals surface area contributed by atoms with Gasteiger partial charge in [-0.25, -0.2) is 0 Å². The molecule has 0 unspecified atom stereocenters. The summed E-state index contributed by atoms with van der Waals surface area (Å²) >= 11 is 0. The van der Waals surface area contributed by atoms with E-state index in [1.54, 1.807) is 0 Å². The lowest BCUT2D eigenvalue weighted by Gasteiger charge is -2.29. The molecule has 0 aliphatic heterocycles. The molecule has 0 heterocycles. The van der Waals surface area contributed by atoms with Gasteiger partial charge in [-0.3, -0.25) is 0 Å². The van der Waals surface area contributed by atoms with Crippen molar-refractivity contribution in [2.24, 2.45) is 5.92 Å². The van der Waals surface area contributed by atoms with Gasteiger partial charge in [-0.2, -0.15) is 0 Å². The van der Waals surface area contributed by atoms with Crippen LogP contribution in [0.5, 0.6) is 0 Å². The quantitative estimate of drug-likeness (QED) is 0.787. The van der Waals surface area contributed by atoms with Crippen molar-refractivity contribution in [3.8, 4) is 0 Å². The van der Waals surface area contributed by atoms with Crippen LogP contribution in [0.4, 0.5) is 5.69 Å². The van der Waals surface area contributed by atoms with E-state index >= 15 is 0 Å². The maximum atomic E-state index is 3.68. The Bertz CT molecular complexity index is 337. The summed E-state index contributed by atoms with van der Waals surface area (Å²) in [5, 5.41) is 3.68. The van der Waals surface area contributed by atoms with Crippen LogP contribution in [0.25, 0.3) is 0 Å². The Morgan fingerprint density at radius 2 is 1.94 bits per heavy atom. The fourth-order valence-corrected chi connectivity index (χ4v) is 2.97. The van der Waals surface area contributed by atoms with Gasteiger partial charge in [0.1, 0.15) is 0 Å². The molecular weight excluding hydrogens is 206 g/mol. The predicted molar refractivity (Wildman–Crippen MR) is 75.5 cm³/mol. The third-order valence-corrected chi connectivity index (χ3v) is 3.93. The molecule has 1 saturated carbocycles. The molecule has 1 nitrogen and oxygen atoms in total. The van der Waals surface area contributed by atoms with Crippen molar-refractivity contribution in [2.75, 3.05) is 5.32 Å². The van der Waals surface area contributed by atoms with E-state index in [4.69, 9.17) is 0 Å². The van der Waals surface area contributed by atoms with Crippen molar-refractivity contribution < 1.29 is 0 Å². The molecule has 94 valence electrons. The summed E-state index contributed by atoms with van der Waals surface area (Å²) in [4.78, 5) is 0. The summed E-state index contributed by atoms with van der Waals surface area (Å²) in [6.45, 7) is 4.46. The molecule has 1 aromatic carbocycles. The average molecular weight is 231 g/mol. The number of hydrogen-bond donors (Lipinski definition) is 1.